The molecule has 1 aliphatic rings. The van der Waals surface area contributed by atoms with E-state index in [1.54, 1.807) is 11.8 Å². The normalized spacial score (nSPS) is 12.6. The van der Waals surface area contributed by atoms with Crippen molar-refractivity contribution in [3.05, 3.63) is 96.3 Å². The molecule has 0 fully saturated rings. The third-order valence-electron chi connectivity index (χ3n) is 6.76. The van der Waals surface area contributed by atoms with Crippen LogP contribution < -0.4 is 15.0 Å². The van der Waals surface area contributed by atoms with Gasteiger partial charge < -0.3 is 19.5 Å². The van der Waals surface area contributed by atoms with Crippen molar-refractivity contribution in [2.24, 2.45) is 0 Å². The van der Waals surface area contributed by atoms with Gasteiger partial charge in [-0.15, -0.1) is 0 Å². The van der Waals surface area contributed by atoms with Gasteiger partial charge in [-0.3, -0.25) is 9.59 Å². The summed E-state index contributed by atoms with van der Waals surface area (Å²) >= 11 is 0. The standard InChI is InChI=1S/C30H26N4O3/c1-20(35)33-15-14-23-16-24(11-13-27(23)33)31-30(36)18-34-28-9-5-4-8-26(28)32-29(34)19-37-25-12-10-21-6-2-3-7-22(21)17-25/h2-13,16-17H,14-15,18-19H2,1H3,(H,31,36). The second-order valence-corrected chi connectivity index (χ2v) is 9.21. The molecule has 2 heterocycles. The molecular weight excluding hydrogens is 464 g/mol. The average Bonchev–Trinajstić information content (AvgIpc) is 3.48. The minimum atomic E-state index is -0.156. The number of fused-ring (bicyclic) bond motifs is 3. The smallest absolute Gasteiger partial charge is 0.244 e. The summed E-state index contributed by atoms with van der Waals surface area (Å²) in [6, 6.07) is 27.6. The SMILES string of the molecule is CC(=O)N1CCc2cc(NC(=O)Cn3c(COc4ccc5ccccc5c4)nc4ccccc43)ccc21. The van der Waals surface area contributed by atoms with Gasteiger partial charge in [0.1, 0.15) is 24.7 Å². The second kappa shape index (κ2) is 9.43. The van der Waals surface area contributed by atoms with Crippen LogP contribution in [0.3, 0.4) is 0 Å². The van der Waals surface area contributed by atoms with E-state index in [0.29, 0.717) is 18.1 Å². The number of anilines is 2. The Morgan fingerprint density at radius 3 is 2.62 bits per heavy atom. The van der Waals surface area contributed by atoms with Crippen molar-refractivity contribution in [3.8, 4) is 5.75 Å². The van der Waals surface area contributed by atoms with Crippen molar-refractivity contribution in [1.29, 1.82) is 0 Å². The van der Waals surface area contributed by atoms with Crippen LogP contribution in [-0.2, 0) is 29.2 Å². The first-order valence-electron chi connectivity index (χ1n) is 12.3. The molecule has 0 radical (unpaired) electrons. The second-order valence-electron chi connectivity index (χ2n) is 9.21. The number of hydrogen-bond donors (Lipinski definition) is 1. The molecule has 0 spiro atoms. The number of aromatic nitrogens is 2. The first-order valence-corrected chi connectivity index (χ1v) is 12.3. The predicted molar refractivity (Wildman–Crippen MR) is 145 cm³/mol. The molecule has 7 heteroatoms. The maximum Gasteiger partial charge on any atom is 0.244 e. The number of hydrogen-bond acceptors (Lipinski definition) is 4. The van der Waals surface area contributed by atoms with Gasteiger partial charge in [-0.05, 0) is 65.2 Å². The largest absolute Gasteiger partial charge is 0.486 e. The molecule has 0 bridgehead atoms. The predicted octanol–water partition coefficient (Wildman–Crippen LogP) is 5.32. The molecule has 0 unspecified atom stereocenters. The zero-order chi connectivity index (χ0) is 25.4. The summed E-state index contributed by atoms with van der Waals surface area (Å²) in [6.45, 7) is 2.58. The van der Waals surface area contributed by atoms with Gasteiger partial charge in [0.25, 0.3) is 0 Å². The minimum Gasteiger partial charge on any atom is -0.486 e. The lowest BCUT2D eigenvalue weighted by Gasteiger charge is -2.15. The quantitative estimate of drug-likeness (QED) is 0.350. The molecule has 0 saturated heterocycles. The van der Waals surface area contributed by atoms with E-state index in [9.17, 15) is 9.59 Å². The van der Waals surface area contributed by atoms with E-state index >= 15 is 0 Å². The summed E-state index contributed by atoms with van der Waals surface area (Å²) in [4.78, 5) is 31.4. The maximum atomic E-state index is 13.1. The number of amides is 2. The zero-order valence-corrected chi connectivity index (χ0v) is 20.5. The van der Waals surface area contributed by atoms with E-state index in [1.165, 1.54) is 0 Å². The van der Waals surface area contributed by atoms with E-state index < -0.39 is 0 Å². The van der Waals surface area contributed by atoms with Crippen LogP contribution in [0.4, 0.5) is 11.4 Å². The number of nitrogens with zero attached hydrogens (tertiary/aromatic N) is 3. The minimum absolute atomic E-state index is 0.0287. The highest BCUT2D eigenvalue weighted by atomic mass is 16.5. The number of carbonyl (C=O) groups is 2. The summed E-state index contributed by atoms with van der Waals surface area (Å²) in [7, 11) is 0. The Hall–Kier alpha value is -4.65. The highest BCUT2D eigenvalue weighted by Gasteiger charge is 2.22. The Morgan fingerprint density at radius 2 is 1.76 bits per heavy atom. The molecule has 184 valence electrons. The molecule has 0 atom stereocenters. The fourth-order valence-electron chi connectivity index (χ4n) is 4.97. The molecule has 1 aliphatic heterocycles. The van der Waals surface area contributed by atoms with Crippen LogP contribution in [-0.4, -0.2) is 27.9 Å². The van der Waals surface area contributed by atoms with Crippen LogP contribution in [0.25, 0.3) is 21.8 Å². The topological polar surface area (TPSA) is 76.5 Å². The highest BCUT2D eigenvalue weighted by Crippen LogP contribution is 2.30. The first kappa shape index (κ1) is 22.8. The number of nitrogens with one attached hydrogen (secondary N) is 1. The van der Waals surface area contributed by atoms with Gasteiger partial charge in [0.15, 0.2) is 0 Å². The zero-order valence-electron chi connectivity index (χ0n) is 20.5. The Labute approximate surface area is 214 Å². The number of imidazole rings is 1. The van der Waals surface area contributed by atoms with Gasteiger partial charge in [-0.2, -0.15) is 0 Å². The summed E-state index contributed by atoms with van der Waals surface area (Å²) in [5.74, 6) is 1.30. The number of rotatable bonds is 6. The molecule has 1 aromatic heterocycles. The van der Waals surface area contributed by atoms with Gasteiger partial charge in [-0.25, -0.2) is 4.98 Å². The van der Waals surface area contributed by atoms with Crippen LogP contribution in [0.5, 0.6) is 5.75 Å². The molecule has 6 rings (SSSR count). The maximum absolute atomic E-state index is 13.1. The molecular formula is C30H26N4O3. The van der Waals surface area contributed by atoms with Crippen molar-refractivity contribution in [3.63, 3.8) is 0 Å². The van der Waals surface area contributed by atoms with Crippen LogP contribution >= 0.6 is 0 Å². The van der Waals surface area contributed by atoms with Crippen LogP contribution in [0.1, 0.15) is 18.3 Å². The van der Waals surface area contributed by atoms with Crippen LogP contribution in [0, 0.1) is 0 Å². The monoisotopic (exact) mass is 490 g/mol. The summed E-state index contributed by atoms with van der Waals surface area (Å²) in [5.41, 5.74) is 4.38. The molecule has 0 aliphatic carbocycles. The van der Waals surface area contributed by atoms with E-state index in [4.69, 9.17) is 9.72 Å². The van der Waals surface area contributed by atoms with Gasteiger partial charge in [0.2, 0.25) is 11.8 Å². The van der Waals surface area contributed by atoms with E-state index in [0.717, 1.165) is 45.2 Å². The van der Waals surface area contributed by atoms with E-state index in [1.807, 2.05) is 77.4 Å². The van der Waals surface area contributed by atoms with Crippen molar-refractivity contribution in [1.82, 2.24) is 9.55 Å². The summed E-state index contributed by atoms with van der Waals surface area (Å²) in [6.07, 6.45) is 0.779. The van der Waals surface area contributed by atoms with Crippen LogP contribution in [0.2, 0.25) is 0 Å². The van der Waals surface area contributed by atoms with Gasteiger partial charge in [-0.1, -0.05) is 42.5 Å². The Balaban J connectivity index is 1.21. The van der Waals surface area contributed by atoms with E-state index in [2.05, 4.69) is 17.4 Å². The lowest BCUT2D eigenvalue weighted by Crippen LogP contribution is -2.25. The summed E-state index contributed by atoms with van der Waals surface area (Å²) in [5, 5.41) is 5.27. The molecule has 37 heavy (non-hydrogen) atoms. The average molecular weight is 491 g/mol. The Kier molecular flexibility index (Phi) is 5.81. The third-order valence-corrected chi connectivity index (χ3v) is 6.76. The molecule has 0 saturated carbocycles. The Bertz CT molecular complexity index is 1660. The molecule has 5 aromatic rings. The highest BCUT2D eigenvalue weighted by molar-refractivity contribution is 5.96. The molecule has 1 N–H and O–H groups in total. The number of carbonyl (C=O) groups excluding carboxylic acids is 2. The van der Waals surface area contributed by atoms with Crippen molar-refractivity contribution in [2.75, 3.05) is 16.8 Å². The van der Waals surface area contributed by atoms with Crippen molar-refractivity contribution in [2.45, 2.75) is 26.5 Å². The fourth-order valence-corrected chi connectivity index (χ4v) is 4.97. The number of para-hydroxylation sites is 2. The Morgan fingerprint density at radius 1 is 0.946 bits per heavy atom. The molecule has 4 aromatic carbocycles. The fraction of sp³-hybridized carbons (Fsp3) is 0.167. The van der Waals surface area contributed by atoms with Gasteiger partial charge in [0.05, 0.1) is 11.0 Å². The number of ether oxygens (including phenoxy) is 1. The van der Waals surface area contributed by atoms with Crippen molar-refractivity contribution < 1.29 is 14.3 Å². The number of benzene rings is 4. The van der Waals surface area contributed by atoms with Crippen LogP contribution in [0.15, 0.2) is 84.9 Å². The van der Waals surface area contributed by atoms with E-state index in [-0.39, 0.29) is 25.0 Å². The van der Waals surface area contributed by atoms with Crippen molar-refractivity contribution >= 4 is 45.0 Å². The lowest BCUT2D eigenvalue weighted by atomic mass is 10.1. The molecule has 7 nitrogen and oxygen atoms in total. The van der Waals surface area contributed by atoms with Gasteiger partial charge >= 0.3 is 0 Å². The lowest BCUT2D eigenvalue weighted by molar-refractivity contribution is -0.117. The van der Waals surface area contributed by atoms with Gasteiger partial charge in [0, 0.05) is 24.8 Å². The summed E-state index contributed by atoms with van der Waals surface area (Å²) < 4.78 is 8.00. The third kappa shape index (κ3) is 4.51. The molecule has 2 amide bonds. The first-order chi connectivity index (χ1) is 18.0.